The van der Waals surface area contributed by atoms with Gasteiger partial charge in [-0.25, -0.2) is 8.42 Å². The number of anilines is 1. The summed E-state index contributed by atoms with van der Waals surface area (Å²) in [5.41, 5.74) is 2.39. The largest absolute Gasteiger partial charge is 0.497 e. The summed E-state index contributed by atoms with van der Waals surface area (Å²) in [6, 6.07) is 10.2. The van der Waals surface area contributed by atoms with Crippen molar-refractivity contribution < 1.29 is 22.7 Å². The van der Waals surface area contributed by atoms with Crippen LogP contribution in [0.1, 0.15) is 18.1 Å². The minimum Gasteiger partial charge on any atom is -0.497 e. The number of carbonyl (C=O) groups is 1. The van der Waals surface area contributed by atoms with Crippen LogP contribution in [0.25, 0.3) is 0 Å². The molecule has 1 amide bonds. The molecule has 0 unspecified atom stereocenters. The summed E-state index contributed by atoms with van der Waals surface area (Å²) in [4.78, 5) is 13.6. The number of hydrogen-bond acceptors (Lipinski definition) is 5. The fourth-order valence-electron chi connectivity index (χ4n) is 3.35. The normalized spacial score (nSPS) is 13.5. The molecule has 1 aliphatic heterocycles. The Bertz CT molecular complexity index is 1000. The maximum Gasteiger partial charge on any atom is 0.243 e. The zero-order valence-electron chi connectivity index (χ0n) is 16.4. The van der Waals surface area contributed by atoms with E-state index in [1.54, 1.807) is 48.4 Å². The number of nitrogens with zero attached hydrogens (tertiary/aromatic N) is 2. The van der Waals surface area contributed by atoms with Gasteiger partial charge in [-0.2, -0.15) is 4.31 Å². The van der Waals surface area contributed by atoms with Crippen LogP contribution in [0, 0.1) is 0 Å². The molecule has 0 N–H and O–H groups in total. The molecule has 1 aliphatic rings. The quantitative estimate of drug-likeness (QED) is 0.739. The van der Waals surface area contributed by atoms with E-state index in [4.69, 9.17) is 9.47 Å². The predicted molar refractivity (Wildman–Crippen MR) is 106 cm³/mol. The highest BCUT2D eigenvalue weighted by Crippen LogP contribution is 2.32. The van der Waals surface area contributed by atoms with Gasteiger partial charge < -0.3 is 14.4 Å². The molecule has 0 atom stereocenters. The van der Waals surface area contributed by atoms with Crippen LogP contribution < -0.4 is 14.4 Å². The maximum absolute atomic E-state index is 13.1. The molecule has 0 spiro atoms. The summed E-state index contributed by atoms with van der Waals surface area (Å²) in [5, 5.41) is 0. The van der Waals surface area contributed by atoms with Crippen molar-refractivity contribution >= 4 is 21.6 Å². The summed E-state index contributed by atoms with van der Waals surface area (Å²) < 4.78 is 37.9. The first-order valence-corrected chi connectivity index (χ1v) is 10.3. The SMILES string of the molecule is COc1ccc(CN(C)S(=O)(=O)c2ccc3c(c2)CCN3C(C)=O)c(OC)c1. The number of amides is 1. The molecule has 0 radical (unpaired) electrons. The summed E-state index contributed by atoms with van der Waals surface area (Å²) in [6.45, 7) is 2.25. The van der Waals surface area contributed by atoms with E-state index in [1.165, 1.54) is 25.4 Å². The first kappa shape index (κ1) is 20.2. The molecule has 2 aromatic carbocycles. The van der Waals surface area contributed by atoms with Crippen LogP contribution in [0.3, 0.4) is 0 Å². The average Bonchev–Trinajstić information content (AvgIpc) is 3.11. The van der Waals surface area contributed by atoms with E-state index in [1.807, 2.05) is 0 Å². The Morgan fingerprint density at radius 3 is 2.54 bits per heavy atom. The van der Waals surface area contributed by atoms with Crippen LogP contribution in [0.2, 0.25) is 0 Å². The van der Waals surface area contributed by atoms with Gasteiger partial charge in [0.1, 0.15) is 11.5 Å². The molecule has 7 nitrogen and oxygen atoms in total. The molecular weight excluding hydrogens is 380 g/mol. The highest BCUT2D eigenvalue weighted by Gasteiger charge is 2.27. The first-order chi connectivity index (χ1) is 13.3. The van der Waals surface area contributed by atoms with E-state index in [-0.39, 0.29) is 17.3 Å². The minimum absolute atomic E-state index is 0.0434. The van der Waals surface area contributed by atoms with Gasteiger partial charge in [-0.15, -0.1) is 0 Å². The standard InChI is InChI=1S/C20H24N2O5S/c1-14(23)22-10-9-15-11-18(7-8-19(15)22)28(24,25)21(2)13-16-5-6-17(26-3)12-20(16)27-4/h5-8,11-12H,9-10,13H2,1-4H3. The zero-order valence-corrected chi connectivity index (χ0v) is 17.2. The first-order valence-electron chi connectivity index (χ1n) is 8.86. The summed E-state index contributed by atoms with van der Waals surface area (Å²) in [5.74, 6) is 1.16. The molecule has 8 heteroatoms. The summed E-state index contributed by atoms with van der Waals surface area (Å²) >= 11 is 0. The Hall–Kier alpha value is -2.58. The van der Waals surface area contributed by atoms with E-state index in [2.05, 4.69) is 0 Å². The smallest absolute Gasteiger partial charge is 0.243 e. The molecule has 1 heterocycles. The number of ether oxygens (including phenoxy) is 2. The highest BCUT2D eigenvalue weighted by molar-refractivity contribution is 7.89. The third kappa shape index (κ3) is 3.70. The lowest BCUT2D eigenvalue weighted by Crippen LogP contribution is -2.27. The van der Waals surface area contributed by atoms with Gasteiger partial charge in [0.2, 0.25) is 15.9 Å². The lowest BCUT2D eigenvalue weighted by atomic mass is 10.2. The lowest BCUT2D eigenvalue weighted by molar-refractivity contribution is -0.116. The fourth-order valence-corrected chi connectivity index (χ4v) is 4.55. The molecule has 0 fully saturated rings. The van der Waals surface area contributed by atoms with Gasteiger partial charge in [-0.1, -0.05) is 6.07 Å². The van der Waals surface area contributed by atoms with Crippen LogP contribution in [0.15, 0.2) is 41.3 Å². The predicted octanol–water partition coefficient (Wildman–Crippen LogP) is 2.43. The molecule has 2 aromatic rings. The number of sulfonamides is 1. The van der Waals surface area contributed by atoms with Crippen LogP contribution in [-0.4, -0.2) is 46.4 Å². The topological polar surface area (TPSA) is 76.2 Å². The van der Waals surface area contributed by atoms with Crippen molar-refractivity contribution in [1.29, 1.82) is 0 Å². The molecule has 28 heavy (non-hydrogen) atoms. The van der Waals surface area contributed by atoms with Crippen molar-refractivity contribution in [1.82, 2.24) is 4.31 Å². The molecule has 0 bridgehead atoms. The van der Waals surface area contributed by atoms with Crippen molar-refractivity contribution in [3.05, 3.63) is 47.5 Å². The average molecular weight is 404 g/mol. The van der Waals surface area contributed by atoms with Gasteiger partial charge in [0.25, 0.3) is 0 Å². The van der Waals surface area contributed by atoms with Crippen LogP contribution in [0.5, 0.6) is 11.5 Å². The van der Waals surface area contributed by atoms with E-state index >= 15 is 0 Å². The molecule has 0 saturated heterocycles. The second-order valence-electron chi connectivity index (χ2n) is 6.65. The molecule has 3 rings (SSSR count). The second-order valence-corrected chi connectivity index (χ2v) is 8.69. The van der Waals surface area contributed by atoms with E-state index in [9.17, 15) is 13.2 Å². The van der Waals surface area contributed by atoms with Crippen molar-refractivity contribution in [2.24, 2.45) is 0 Å². The van der Waals surface area contributed by atoms with E-state index in [0.29, 0.717) is 24.5 Å². The number of methoxy groups -OCH3 is 2. The van der Waals surface area contributed by atoms with Gasteiger partial charge in [0.15, 0.2) is 0 Å². The third-order valence-corrected chi connectivity index (χ3v) is 6.72. The van der Waals surface area contributed by atoms with Gasteiger partial charge >= 0.3 is 0 Å². The fraction of sp³-hybridized carbons (Fsp3) is 0.350. The van der Waals surface area contributed by atoms with Crippen LogP contribution in [0.4, 0.5) is 5.69 Å². The second kappa shape index (κ2) is 7.81. The molecule has 0 aromatic heterocycles. The number of rotatable bonds is 6. The van der Waals surface area contributed by atoms with Gasteiger partial charge in [0.05, 0.1) is 19.1 Å². The Kier molecular flexibility index (Phi) is 5.62. The molecule has 0 aliphatic carbocycles. The third-order valence-electron chi connectivity index (χ3n) is 4.92. The summed E-state index contributed by atoms with van der Waals surface area (Å²) in [7, 11) is 0.939. The lowest BCUT2D eigenvalue weighted by Gasteiger charge is -2.20. The Labute approximate surface area is 165 Å². The van der Waals surface area contributed by atoms with Crippen LogP contribution in [-0.2, 0) is 27.8 Å². The monoisotopic (exact) mass is 404 g/mol. The zero-order chi connectivity index (χ0) is 20.5. The Morgan fingerprint density at radius 2 is 1.89 bits per heavy atom. The molecular formula is C20H24N2O5S. The molecule has 0 saturated carbocycles. The van der Waals surface area contributed by atoms with Crippen molar-refractivity contribution in [2.75, 3.05) is 32.7 Å². The van der Waals surface area contributed by atoms with Gasteiger partial charge in [-0.3, -0.25) is 4.79 Å². The highest BCUT2D eigenvalue weighted by atomic mass is 32.2. The van der Waals surface area contributed by atoms with Crippen molar-refractivity contribution in [2.45, 2.75) is 24.8 Å². The van der Waals surface area contributed by atoms with E-state index in [0.717, 1.165) is 16.8 Å². The molecule has 150 valence electrons. The Morgan fingerprint density at radius 1 is 1.14 bits per heavy atom. The van der Waals surface area contributed by atoms with Crippen molar-refractivity contribution in [3.8, 4) is 11.5 Å². The number of carbonyl (C=O) groups excluding carboxylic acids is 1. The maximum atomic E-state index is 13.1. The minimum atomic E-state index is -3.69. The summed E-state index contributed by atoms with van der Waals surface area (Å²) in [6.07, 6.45) is 0.647. The van der Waals surface area contributed by atoms with Gasteiger partial charge in [-0.05, 0) is 36.2 Å². The number of fused-ring (bicyclic) bond motifs is 1. The number of hydrogen-bond donors (Lipinski definition) is 0. The van der Waals surface area contributed by atoms with Crippen molar-refractivity contribution in [3.63, 3.8) is 0 Å². The van der Waals surface area contributed by atoms with Crippen LogP contribution >= 0.6 is 0 Å². The van der Waals surface area contributed by atoms with Gasteiger partial charge in [0, 0.05) is 44.4 Å². The number of benzene rings is 2. The van der Waals surface area contributed by atoms with E-state index < -0.39 is 10.0 Å². The Balaban J connectivity index is 1.86.